The monoisotopic (exact) mass is 401 g/mol. The molecule has 29 heavy (non-hydrogen) atoms. The number of urea groups is 1. The molecule has 156 valence electrons. The highest BCUT2D eigenvalue weighted by molar-refractivity contribution is 6.08. The summed E-state index contributed by atoms with van der Waals surface area (Å²) in [4.78, 5) is 50.0. The van der Waals surface area contributed by atoms with Gasteiger partial charge in [0.05, 0.1) is 0 Å². The minimum Gasteiger partial charge on any atom is -0.454 e. The lowest BCUT2D eigenvalue weighted by molar-refractivity contribution is -0.150. The van der Waals surface area contributed by atoms with Gasteiger partial charge in [0.15, 0.2) is 6.61 Å². The average molecular weight is 401 g/mol. The van der Waals surface area contributed by atoms with Gasteiger partial charge in [-0.25, -0.2) is 4.79 Å². The number of hydrogen-bond donors (Lipinski definition) is 2. The molecule has 0 unspecified atom stereocenters. The molecule has 4 amide bonds. The second-order valence-electron chi connectivity index (χ2n) is 8.11. The van der Waals surface area contributed by atoms with E-state index in [2.05, 4.69) is 17.6 Å². The number of rotatable bonds is 5. The predicted molar refractivity (Wildman–Crippen MR) is 106 cm³/mol. The van der Waals surface area contributed by atoms with Crippen LogP contribution in [0.2, 0.25) is 0 Å². The fraction of sp³-hybridized carbons (Fsp3) is 0.524. The largest absolute Gasteiger partial charge is 0.454 e. The van der Waals surface area contributed by atoms with Crippen molar-refractivity contribution >= 4 is 29.5 Å². The fourth-order valence-electron chi connectivity index (χ4n) is 3.79. The summed E-state index contributed by atoms with van der Waals surface area (Å²) in [6.07, 6.45) is 2.84. The highest BCUT2D eigenvalue weighted by Crippen LogP contribution is 2.36. The lowest BCUT2D eigenvalue weighted by Crippen LogP contribution is -2.49. The van der Waals surface area contributed by atoms with Gasteiger partial charge < -0.3 is 15.4 Å². The number of carbonyl (C=O) groups excluding carboxylic acids is 4. The fourth-order valence-corrected chi connectivity index (χ4v) is 3.79. The Morgan fingerprint density at radius 1 is 1.24 bits per heavy atom. The maximum absolute atomic E-state index is 12.7. The maximum atomic E-state index is 12.7. The van der Waals surface area contributed by atoms with Crippen molar-refractivity contribution in [2.45, 2.75) is 52.0 Å². The van der Waals surface area contributed by atoms with Crippen LogP contribution in [-0.4, -0.2) is 47.4 Å². The van der Waals surface area contributed by atoms with E-state index in [1.165, 1.54) is 0 Å². The van der Waals surface area contributed by atoms with Gasteiger partial charge in [-0.15, -0.1) is 0 Å². The Bertz CT molecular complexity index is 843. The van der Waals surface area contributed by atoms with Crippen molar-refractivity contribution in [2.75, 3.05) is 18.5 Å². The SMILES string of the molecule is Cc1ccc(C)c(NC(=O)COC(=O)CN2C(=O)NC3(CCC(C)CC3)C2=O)c1. The van der Waals surface area contributed by atoms with Gasteiger partial charge in [-0.3, -0.25) is 19.3 Å². The van der Waals surface area contributed by atoms with E-state index < -0.39 is 36.6 Å². The molecule has 1 aromatic rings. The normalized spacial score (nSPS) is 23.8. The Labute approximate surface area is 170 Å². The molecule has 1 heterocycles. The standard InChI is InChI=1S/C21H27N3O5/c1-13-6-8-21(9-7-13)19(27)24(20(28)23-21)11-18(26)29-12-17(25)22-16-10-14(2)4-5-15(16)3/h4-5,10,13H,6-9,11-12H2,1-3H3,(H,22,25)(H,23,28). The summed E-state index contributed by atoms with van der Waals surface area (Å²) in [7, 11) is 0. The molecule has 1 aromatic carbocycles. The van der Waals surface area contributed by atoms with Gasteiger partial charge in [-0.1, -0.05) is 19.1 Å². The summed E-state index contributed by atoms with van der Waals surface area (Å²) in [6.45, 7) is 4.90. The van der Waals surface area contributed by atoms with E-state index in [-0.39, 0.29) is 5.91 Å². The molecule has 0 aromatic heterocycles. The van der Waals surface area contributed by atoms with Crippen LogP contribution in [0, 0.1) is 19.8 Å². The minimum absolute atomic E-state index is 0.383. The number of esters is 1. The summed E-state index contributed by atoms with van der Waals surface area (Å²) in [5, 5.41) is 5.45. The van der Waals surface area contributed by atoms with Crippen molar-refractivity contribution in [2.24, 2.45) is 5.92 Å². The Kier molecular flexibility index (Phi) is 5.91. The molecule has 2 fully saturated rings. The number of aryl methyl sites for hydroxylation is 2. The Hall–Kier alpha value is -2.90. The van der Waals surface area contributed by atoms with Crippen molar-refractivity contribution in [3.63, 3.8) is 0 Å². The molecule has 2 N–H and O–H groups in total. The molecular weight excluding hydrogens is 374 g/mol. The number of nitrogens with zero attached hydrogens (tertiary/aromatic N) is 1. The van der Waals surface area contributed by atoms with Crippen LogP contribution in [0.15, 0.2) is 18.2 Å². The molecule has 0 bridgehead atoms. The van der Waals surface area contributed by atoms with Crippen LogP contribution >= 0.6 is 0 Å². The van der Waals surface area contributed by atoms with E-state index in [0.29, 0.717) is 24.4 Å². The van der Waals surface area contributed by atoms with Crippen LogP contribution in [-0.2, 0) is 19.1 Å². The van der Waals surface area contributed by atoms with Gasteiger partial charge in [-0.05, 0) is 62.6 Å². The zero-order chi connectivity index (χ0) is 21.2. The van der Waals surface area contributed by atoms with Crippen LogP contribution < -0.4 is 10.6 Å². The molecule has 1 aliphatic heterocycles. The Balaban J connectivity index is 1.51. The van der Waals surface area contributed by atoms with Gasteiger partial charge in [0.2, 0.25) is 0 Å². The number of benzene rings is 1. The molecule has 1 aliphatic carbocycles. The molecule has 2 aliphatic rings. The molecule has 8 nitrogen and oxygen atoms in total. The van der Waals surface area contributed by atoms with Crippen molar-refractivity contribution in [1.82, 2.24) is 10.2 Å². The summed E-state index contributed by atoms with van der Waals surface area (Å²) < 4.78 is 4.97. The third-order valence-electron chi connectivity index (χ3n) is 5.69. The van der Waals surface area contributed by atoms with Gasteiger partial charge in [-0.2, -0.15) is 0 Å². The summed E-state index contributed by atoms with van der Waals surface area (Å²) in [6, 6.07) is 5.06. The molecule has 0 atom stereocenters. The third kappa shape index (κ3) is 4.58. The average Bonchev–Trinajstić information content (AvgIpc) is 2.90. The minimum atomic E-state index is -0.899. The third-order valence-corrected chi connectivity index (χ3v) is 5.69. The van der Waals surface area contributed by atoms with E-state index in [0.717, 1.165) is 28.9 Å². The van der Waals surface area contributed by atoms with E-state index in [9.17, 15) is 19.2 Å². The lowest BCUT2D eigenvalue weighted by Gasteiger charge is -2.33. The van der Waals surface area contributed by atoms with Crippen LogP contribution in [0.4, 0.5) is 10.5 Å². The van der Waals surface area contributed by atoms with E-state index in [1.807, 2.05) is 32.0 Å². The molecule has 1 saturated heterocycles. The van der Waals surface area contributed by atoms with E-state index in [1.54, 1.807) is 0 Å². The Morgan fingerprint density at radius 3 is 2.62 bits per heavy atom. The lowest BCUT2D eigenvalue weighted by atomic mass is 9.77. The summed E-state index contributed by atoms with van der Waals surface area (Å²) in [5.41, 5.74) is 1.63. The topological polar surface area (TPSA) is 105 Å². The molecule has 0 radical (unpaired) electrons. The smallest absolute Gasteiger partial charge is 0.326 e. The quantitative estimate of drug-likeness (QED) is 0.582. The first-order chi connectivity index (χ1) is 13.7. The van der Waals surface area contributed by atoms with E-state index in [4.69, 9.17) is 4.74 Å². The number of amides is 4. The van der Waals surface area contributed by atoms with Crippen LogP contribution in [0.1, 0.15) is 43.7 Å². The highest BCUT2D eigenvalue weighted by atomic mass is 16.5. The predicted octanol–water partition coefficient (Wildman–Crippen LogP) is 2.29. The number of anilines is 1. The van der Waals surface area contributed by atoms with Crippen LogP contribution in [0.3, 0.4) is 0 Å². The van der Waals surface area contributed by atoms with Gasteiger partial charge in [0.25, 0.3) is 11.8 Å². The van der Waals surface area contributed by atoms with Crippen molar-refractivity contribution < 1.29 is 23.9 Å². The van der Waals surface area contributed by atoms with Crippen molar-refractivity contribution in [3.8, 4) is 0 Å². The molecular formula is C21H27N3O5. The maximum Gasteiger partial charge on any atom is 0.326 e. The zero-order valence-corrected chi connectivity index (χ0v) is 17.0. The number of ether oxygens (including phenoxy) is 1. The number of carbonyl (C=O) groups is 4. The van der Waals surface area contributed by atoms with Crippen molar-refractivity contribution in [3.05, 3.63) is 29.3 Å². The molecule has 8 heteroatoms. The van der Waals surface area contributed by atoms with Gasteiger partial charge >= 0.3 is 12.0 Å². The van der Waals surface area contributed by atoms with Gasteiger partial charge in [0, 0.05) is 5.69 Å². The molecule has 1 spiro atoms. The van der Waals surface area contributed by atoms with Gasteiger partial charge in [0.1, 0.15) is 12.1 Å². The first kappa shape index (κ1) is 20.8. The second-order valence-corrected chi connectivity index (χ2v) is 8.11. The van der Waals surface area contributed by atoms with E-state index >= 15 is 0 Å². The number of imide groups is 1. The van der Waals surface area contributed by atoms with Crippen LogP contribution in [0.25, 0.3) is 0 Å². The van der Waals surface area contributed by atoms with Crippen molar-refractivity contribution in [1.29, 1.82) is 0 Å². The highest BCUT2D eigenvalue weighted by Gasteiger charge is 2.52. The molecule has 3 rings (SSSR count). The Morgan fingerprint density at radius 2 is 1.93 bits per heavy atom. The molecule has 1 saturated carbocycles. The summed E-state index contributed by atoms with van der Waals surface area (Å²) >= 11 is 0. The first-order valence-electron chi connectivity index (χ1n) is 9.87. The van der Waals surface area contributed by atoms with Crippen LogP contribution in [0.5, 0.6) is 0 Å². The summed E-state index contributed by atoms with van der Waals surface area (Å²) in [5.74, 6) is -1.15. The zero-order valence-electron chi connectivity index (χ0n) is 17.0. The first-order valence-corrected chi connectivity index (χ1v) is 9.87. The number of hydrogen-bond acceptors (Lipinski definition) is 5. The second kappa shape index (κ2) is 8.23. The number of nitrogens with one attached hydrogen (secondary N) is 2.